The van der Waals surface area contributed by atoms with Gasteiger partial charge in [-0.3, -0.25) is 0 Å². The van der Waals surface area contributed by atoms with Gasteiger partial charge in [-0.15, -0.1) is 0 Å². The van der Waals surface area contributed by atoms with Crippen molar-refractivity contribution in [2.24, 2.45) is 0 Å². The van der Waals surface area contributed by atoms with Gasteiger partial charge in [0.2, 0.25) is 0 Å². The Labute approximate surface area is 154 Å². The molecule has 2 heterocycles. The molecule has 0 bridgehead atoms. The van der Waals surface area contributed by atoms with Crippen molar-refractivity contribution in [2.45, 2.75) is 6.18 Å². The van der Waals surface area contributed by atoms with Gasteiger partial charge in [0.05, 0.1) is 17.4 Å². The summed E-state index contributed by atoms with van der Waals surface area (Å²) in [4.78, 5) is 0. The summed E-state index contributed by atoms with van der Waals surface area (Å²) in [5, 5.41) is 7.40. The predicted molar refractivity (Wildman–Crippen MR) is 89.4 cm³/mol. The van der Waals surface area contributed by atoms with Gasteiger partial charge in [0.25, 0.3) is 0 Å². The predicted octanol–water partition coefficient (Wildman–Crippen LogP) is 5.49. The monoisotopic (exact) mass is 391 g/mol. The van der Waals surface area contributed by atoms with E-state index in [2.05, 4.69) is 10.3 Å². The summed E-state index contributed by atoms with van der Waals surface area (Å²) in [5.41, 5.74) is -1.53. The minimum absolute atomic E-state index is 0.0414. The van der Waals surface area contributed by atoms with Crippen molar-refractivity contribution in [2.75, 3.05) is 0 Å². The molecule has 0 atom stereocenters. The highest BCUT2D eigenvalue weighted by Crippen LogP contribution is 2.39. The lowest BCUT2D eigenvalue weighted by molar-refractivity contribution is -0.142. The first kappa shape index (κ1) is 17.9. The summed E-state index contributed by atoms with van der Waals surface area (Å²) >= 11 is 0. The molecule has 0 aliphatic carbocycles. The molecule has 4 nitrogen and oxygen atoms in total. The van der Waals surface area contributed by atoms with E-state index in [-0.39, 0.29) is 22.7 Å². The van der Waals surface area contributed by atoms with Crippen LogP contribution < -0.4 is 0 Å². The quantitative estimate of drug-likeness (QED) is 0.434. The molecule has 0 aliphatic heterocycles. The van der Waals surface area contributed by atoms with Crippen LogP contribution in [0.1, 0.15) is 5.69 Å². The Morgan fingerprint density at radius 2 is 1.68 bits per heavy atom. The lowest BCUT2D eigenvalue weighted by atomic mass is 10.1. The molecule has 0 N–H and O–H groups in total. The van der Waals surface area contributed by atoms with Crippen LogP contribution in [0.4, 0.5) is 22.0 Å². The maximum Gasteiger partial charge on any atom is 0.434 e. The molecule has 0 spiro atoms. The van der Waals surface area contributed by atoms with Crippen LogP contribution in [0.5, 0.6) is 0 Å². The van der Waals surface area contributed by atoms with Crippen LogP contribution in [-0.4, -0.2) is 14.9 Å². The van der Waals surface area contributed by atoms with Crippen molar-refractivity contribution in [3.05, 3.63) is 78.1 Å². The van der Waals surface area contributed by atoms with Crippen LogP contribution in [0.3, 0.4) is 0 Å². The van der Waals surface area contributed by atoms with E-state index in [1.165, 1.54) is 36.4 Å². The third-order valence-corrected chi connectivity index (χ3v) is 4.02. The van der Waals surface area contributed by atoms with Crippen molar-refractivity contribution in [3.63, 3.8) is 0 Å². The maximum absolute atomic E-state index is 13.9. The number of rotatable bonds is 3. The van der Waals surface area contributed by atoms with Gasteiger partial charge in [0.15, 0.2) is 11.5 Å². The molecule has 4 rings (SSSR count). The van der Waals surface area contributed by atoms with E-state index < -0.39 is 29.1 Å². The zero-order valence-corrected chi connectivity index (χ0v) is 13.9. The van der Waals surface area contributed by atoms with Crippen LogP contribution in [-0.2, 0) is 6.18 Å². The van der Waals surface area contributed by atoms with Gasteiger partial charge in [-0.25, -0.2) is 13.5 Å². The molecule has 0 radical (unpaired) electrons. The molecular weight excluding hydrogens is 381 g/mol. The van der Waals surface area contributed by atoms with Crippen molar-refractivity contribution in [3.8, 4) is 28.3 Å². The van der Waals surface area contributed by atoms with Crippen molar-refractivity contribution < 1.29 is 26.5 Å². The van der Waals surface area contributed by atoms with Crippen molar-refractivity contribution in [1.82, 2.24) is 14.9 Å². The Hall–Kier alpha value is -3.49. The number of hydrogen-bond acceptors (Lipinski definition) is 3. The minimum Gasteiger partial charge on any atom is -0.356 e. The van der Waals surface area contributed by atoms with E-state index >= 15 is 0 Å². The number of aromatic nitrogens is 3. The third kappa shape index (κ3) is 3.15. The molecule has 142 valence electrons. The number of benzene rings is 2. The van der Waals surface area contributed by atoms with Gasteiger partial charge in [0, 0.05) is 11.6 Å². The highest BCUT2D eigenvalue weighted by Gasteiger charge is 2.40. The van der Waals surface area contributed by atoms with Gasteiger partial charge >= 0.3 is 6.18 Å². The summed E-state index contributed by atoms with van der Waals surface area (Å²) in [6.45, 7) is 0. The molecule has 2 aromatic heterocycles. The summed E-state index contributed by atoms with van der Waals surface area (Å²) < 4.78 is 74.2. The van der Waals surface area contributed by atoms with Crippen LogP contribution in [0.2, 0.25) is 0 Å². The SMILES string of the molecule is Fc1cccc(-n2ncc(-c3cc(-c4ccccc4F)no3)c2C(F)(F)F)c1. The van der Waals surface area contributed by atoms with E-state index in [0.717, 1.165) is 18.3 Å². The first-order chi connectivity index (χ1) is 13.3. The van der Waals surface area contributed by atoms with E-state index in [1.807, 2.05) is 0 Å². The van der Waals surface area contributed by atoms with Gasteiger partial charge in [-0.2, -0.15) is 18.3 Å². The molecule has 2 aromatic carbocycles. The zero-order chi connectivity index (χ0) is 19.9. The zero-order valence-electron chi connectivity index (χ0n) is 13.9. The maximum atomic E-state index is 13.9. The molecule has 0 amide bonds. The van der Waals surface area contributed by atoms with E-state index in [9.17, 15) is 22.0 Å². The number of alkyl halides is 3. The molecule has 0 unspecified atom stereocenters. The first-order valence-corrected chi connectivity index (χ1v) is 7.98. The lowest BCUT2D eigenvalue weighted by Gasteiger charge is -2.11. The van der Waals surface area contributed by atoms with Gasteiger partial charge in [-0.05, 0) is 30.3 Å². The number of nitrogens with zero attached hydrogens (tertiary/aromatic N) is 3. The summed E-state index contributed by atoms with van der Waals surface area (Å²) in [6, 6.07) is 11.5. The Kier molecular flexibility index (Phi) is 4.21. The Bertz CT molecular complexity index is 1150. The van der Waals surface area contributed by atoms with E-state index in [0.29, 0.717) is 4.68 Å². The Balaban J connectivity index is 1.85. The van der Waals surface area contributed by atoms with Crippen molar-refractivity contribution in [1.29, 1.82) is 0 Å². The van der Waals surface area contributed by atoms with E-state index in [4.69, 9.17) is 4.52 Å². The largest absolute Gasteiger partial charge is 0.434 e. The van der Waals surface area contributed by atoms with E-state index in [1.54, 1.807) is 6.07 Å². The highest BCUT2D eigenvalue weighted by molar-refractivity contribution is 5.69. The fraction of sp³-hybridized carbons (Fsp3) is 0.0526. The topological polar surface area (TPSA) is 43.9 Å². The summed E-state index contributed by atoms with van der Waals surface area (Å²) in [7, 11) is 0. The van der Waals surface area contributed by atoms with Crippen LogP contribution in [0, 0.1) is 11.6 Å². The standard InChI is InChI=1S/C19H10F5N3O/c20-11-4-3-5-12(8-11)27-18(19(22,23)24)14(10-25-27)17-9-16(26-28-17)13-6-1-2-7-15(13)21/h1-10H. The molecule has 4 aromatic rings. The second-order valence-electron chi connectivity index (χ2n) is 5.85. The second-order valence-corrected chi connectivity index (χ2v) is 5.85. The molecule has 9 heteroatoms. The molecule has 0 saturated heterocycles. The van der Waals surface area contributed by atoms with Crippen LogP contribution >= 0.6 is 0 Å². The number of hydrogen-bond donors (Lipinski definition) is 0. The normalized spacial score (nSPS) is 11.8. The summed E-state index contributed by atoms with van der Waals surface area (Å²) in [5.74, 6) is -1.54. The molecule has 0 aliphatic rings. The van der Waals surface area contributed by atoms with Gasteiger partial charge < -0.3 is 4.52 Å². The molecular formula is C19H10F5N3O. The fourth-order valence-electron chi connectivity index (χ4n) is 2.80. The fourth-order valence-corrected chi connectivity index (χ4v) is 2.80. The molecule has 28 heavy (non-hydrogen) atoms. The van der Waals surface area contributed by atoms with Crippen molar-refractivity contribution >= 4 is 0 Å². The average Bonchev–Trinajstić information content (AvgIpc) is 3.29. The van der Waals surface area contributed by atoms with Gasteiger partial charge in [-0.1, -0.05) is 23.4 Å². The lowest BCUT2D eigenvalue weighted by Crippen LogP contribution is -2.14. The third-order valence-electron chi connectivity index (χ3n) is 4.02. The smallest absolute Gasteiger partial charge is 0.356 e. The molecule has 0 fully saturated rings. The second kappa shape index (κ2) is 6.59. The highest BCUT2D eigenvalue weighted by atomic mass is 19.4. The van der Waals surface area contributed by atoms with Crippen LogP contribution in [0.25, 0.3) is 28.3 Å². The Morgan fingerprint density at radius 1 is 0.893 bits per heavy atom. The first-order valence-electron chi connectivity index (χ1n) is 7.98. The summed E-state index contributed by atoms with van der Waals surface area (Å²) in [6.07, 6.45) is -3.87. The number of halogens is 5. The van der Waals surface area contributed by atoms with Crippen LogP contribution in [0.15, 0.2) is 65.3 Å². The van der Waals surface area contributed by atoms with Gasteiger partial charge in [0.1, 0.15) is 17.3 Å². The minimum atomic E-state index is -4.82. The molecule has 0 saturated carbocycles. The average molecular weight is 391 g/mol. The Morgan fingerprint density at radius 3 is 2.39 bits per heavy atom.